The van der Waals surface area contributed by atoms with E-state index in [0.29, 0.717) is 23.8 Å². The van der Waals surface area contributed by atoms with Crippen LogP contribution in [0.15, 0.2) is 53.1 Å². The Bertz CT molecular complexity index is 1020. The zero-order valence-electron chi connectivity index (χ0n) is 16.4. The molecule has 0 radical (unpaired) electrons. The van der Waals surface area contributed by atoms with Gasteiger partial charge in [-0.25, -0.2) is 0 Å². The number of aromatic nitrogens is 1. The fraction of sp³-hybridized carbons (Fsp3) is 0.182. The van der Waals surface area contributed by atoms with Crippen molar-refractivity contribution in [1.29, 1.82) is 0 Å². The second-order valence-electron chi connectivity index (χ2n) is 6.37. The van der Waals surface area contributed by atoms with E-state index in [1.165, 1.54) is 18.2 Å². The number of phenols is 1. The van der Waals surface area contributed by atoms with Crippen LogP contribution in [0.2, 0.25) is 0 Å². The first-order valence-corrected chi connectivity index (χ1v) is 8.97. The number of ether oxygens (including phenoxy) is 2. The first-order chi connectivity index (χ1) is 14.0. The zero-order valence-corrected chi connectivity index (χ0v) is 16.4. The minimum Gasteiger partial charge on any atom is -0.508 e. The molecule has 7 heteroatoms. The Morgan fingerprint density at radius 3 is 2.72 bits per heavy atom. The van der Waals surface area contributed by atoms with Gasteiger partial charge in [-0.2, -0.15) is 0 Å². The summed E-state index contributed by atoms with van der Waals surface area (Å²) in [5, 5.41) is 16.0. The molecule has 1 aromatic heterocycles. The molecule has 150 valence electrons. The van der Waals surface area contributed by atoms with Gasteiger partial charge in [0, 0.05) is 17.8 Å². The van der Waals surface area contributed by atoms with Crippen molar-refractivity contribution in [3.63, 3.8) is 0 Å². The lowest BCUT2D eigenvalue weighted by Crippen LogP contribution is -2.07. The maximum atomic E-state index is 12.1. The van der Waals surface area contributed by atoms with Gasteiger partial charge in [0.15, 0.2) is 11.5 Å². The van der Waals surface area contributed by atoms with Gasteiger partial charge in [0.2, 0.25) is 5.91 Å². The summed E-state index contributed by atoms with van der Waals surface area (Å²) >= 11 is 0. The van der Waals surface area contributed by atoms with Crippen LogP contribution in [0, 0.1) is 13.8 Å². The molecule has 0 spiro atoms. The lowest BCUT2D eigenvalue weighted by molar-refractivity contribution is -0.111. The Labute approximate surface area is 168 Å². The van der Waals surface area contributed by atoms with Crippen molar-refractivity contribution in [2.24, 2.45) is 0 Å². The fourth-order valence-corrected chi connectivity index (χ4v) is 2.70. The number of carbonyl (C=O) groups excluding carboxylic acids is 1. The first-order valence-electron chi connectivity index (χ1n) is 8.97. The molecule has 0 aliphatic heterocycles. The normalized spacial score (nSPS) is 10.9. The van der Waals surface area contributed by atoms with Crippen LogP contribution in [-0.4, -0.2) is 23.3 Å². The van der Waals surface area contributed by atoms with Crippen molar-refractivity contribution in [3.8, 4) is 17.2 Å². The Hall–Kier alpha value is -3.74. The Kier molecular flexibility index (Phi) is 6.19. The van der Waals surface area contributed by atoms with Crippen LogP contribution in [-0.2, 0) is 11.4 Å². The third-order valence-corrected chi connectivity index (χ3v) is 4.28. The quantitative estimate of drug-likeness (QED) is 0.582. The molecule has 2 aromatic carbocycles. The molecule has 0 unspecified atom stereocenters. The molecule has 7 nitrogen and oxygen atoms in total. The SMILES string of the molecule is COc1cc(/C=C/C(=O)Nc2cccc(O)c2)ccc1OCc1c(C)noc1C. The molecule has 0 aliphatic carbocycles. The zero-order chi connectivity index (χ0) is 20.8. The number of aromatic hydroxyl groups is 1. The smallest absolute Gasteiger partial charge is 0.248 e. The number of hydrogen-bond acceptors (Lipinski definition) is 6. The van der Waals surface area contributed by atoms with E-state index >= 15 is 0 Å². The molecule has 0 saturated carbocycles. The second-order valence-corrected chi connectivity index (χ2v) is 6.37. The Balaban J connectivity index is 1.66. The molecule has 0 bridgehead atoms. The summed E-state index contributed by atoms with van der Waals surface area (Å²) in [6.07, 6.45) is 3.07. The van der Waals surface area contributed by atoms with Crippen molar-refractivity contribution in [1.82, 2.24) is 5.16 Å². The van der Waals surface area contributed by atoms with Gasteiger partial charge in [-0.15, -0.1) is 0 Å². The highest BCUT2D eigenvalue weighted by atomic mass is 16.5. The number of nitrogens with one attached hydrogen (secondary N) is 1. The van der Waals surface area contributed by atoms with E-state index in [0.717, 1.165) is 22.6 Å². The molecule has 0 saturated heterocycles. The largest absolute Gasteiger partial charge is 0.508 e. The van der Waals surface area contributed by atoms with Crippen LogP contribution in [0.5, 0.6) is 17.2 Å². The Morgan fingerprint density at radius 1 is 1.21 bits per heavy atom. The monoisotopic (exact) mass is 394 g/mol. The predicted octanol–water partition coefficient (Wildman–Crippen LogP) is 4.24. The first kappa shape index (κ1) is 20.0. The molecule has 1 amide bonds. The van der Waals surface area contributed by atoms with Crippen LogP contribution in [0.4, 0.5) is 5.69 Å². The van der Waals surface area contributed by atoms with Crippen molar-refractivity contribution >= 4 is 17.7 Å². The van der Waals surface area contributed by atoms with Crippen LogP contribution >= 0.6 is 0 Å². The van der Waals surface area contributed by atoms with Crippen LogP contribution in [0.1, 0.15) is 22.6 Å². The number of rotatable bonds is 7. The minimum absolute atomic E-state index is 0.0868. The van der Waals surface area contributed by atoms with Gasteiger partial charge in [0.25, 0.3) is 0 Å². The van der Waals surface area contributed by atoms with Crippen LogP contribution in [0.3, 0.4) is 0 Å². The highest BCUT2D eigenvalue weighted by Gasteiger charge is 2.12. The van der Waals surface area contributed by atoms with E-state index in [4.69, 9.17) is 14.0 Å². The number of nitrogens with zero attached hydrogens (tertiary/aromatic N) is 1. The molecule has 3 aromatic rings. The molecule has 3 rings (SSSR count). The number of aryl methyl sites for hydroxylation is 2. The van der Waals surface area contributed by atoms with E-state index in [1.807, 2.05) is 19.9 Å². The number of benzene rings is 2. The summed E-state index contributed by atoms with van der Waals surface area (Å²) in [5.74, 6) is 1.62. The number of hydrogen-bond donors (Lipinski definition) is 2. The van der Waals surface area contributed by atoms with E-state index in [1.54, 1.807) is 37.5 Å². The standard InChI is InChI=1S/C22H22N2O5/c1-14-19(15(2)29-24-14)13-28-20-9-7-16(11-21(20)27-3)8-10-22(26)23-17-5-4-6-18(25)12-17/h4-12,25H,13H2,1-3H3,(H,23,26)/b10-8+. The van der Waals surface area contributed by atoms with Crippen molar-refractivity contribution in [3.05, 3.63) is 71.1 Å². The number of carbonyl (C=O) groups is 1. The van der Waals surface area contributed by atoms with Gasteiger partial charge in [-0.3, -0.25) is 4.79 Å². The summed E-state index contributed by atoms with van der Waals surface area (Å²) in [4.78, 5) is 12.1. The van der Waals surface area contributed by atoms with Crippen LogP contribution < -0.4 is 14.8 Å². The molecular weight excluding hydrogens is 372 g/mol. The summed E-state index contributed by atoms with van der Waals surface area (Å²) in [6.45, 7) is 4.02. The van der Waals surface area contributed by atoms with Gasteiger partial charge < -0.3 is 24.4 Å². The second kappa shape index (κ2) is 8.97. The highest BCUT2D eigenvalue weighted by molar-refractivity contribution is 6.02. The average Bonchev–Trinajstić information content (AvgIpc) is 3.02. The fourth-order valence-electron chi connectivity index (χ4n) is 2.70. The third kappa shape index (κ3) is 5.16. The maximum absolute atomic E-state index is 12.1. The third-order valence-electron chi connectivity index (χ3n) is 4.28. The van der Waals surface area contributed by atoms with Crippen LogP contribution in [0.25, 0.3) is 6.08 Å². The molecule has 0 aliphatic rings. The molecular formula is C22H22N2O5. The predicted molar refractivity (Wildman–Crippen MR) is 109 cm³/mol. The number of amides is 1. The highest BCUT2D eigenvalue weighted by Crippen LogP contribution is 2.30. The Morgan fingerprint density at radius 2 is 2.03 bits per heavy atom. The number of phenolic OH excluding ortho intramolecular Hbond substituents is 1. The van der Waals surface area contributed by atoms with Gasteiger partial charge in [-0.1, -0.05) is 17.3 Å². The summed E-state index contributed by atoms with van der Waals surface area (Å²) in [6, 6.07) is 11.7. The van der Waals surface area contributed by atoms with E-state index in [9.17, 15) is 9.90 Å². The van der Waals surface area contributed by atoms with Crippen molar-refractivity contribution in [2.45, 2.75) is 20.5 Å². The van der Waals surface area contributed by atoms with E-state index in [2.05, 4.69) is 10.5 Å². The molecule has 2 N–H and O–H groups in total. The number of methoxy groups -OCH3 is 1. The molecule has 0 fully saturated rings. The summed E-state index contributed by atoms with van der Waals surface area (Å²) in [5.41, 5.74) is 2.98. The summed E-state index contributed by atoms with van der Waals surface area (Å²) in [7, 11) is 1.56. The van der Waals surface area contributed by atoms with Gasteiger partial charge in [0.05, 0.1) is 18.4 Å². The van der Waals surface area contributed by atoms with E-state index < -0.39 is 0 Å². The minimum atomic E-state index is -0.312. The molecule has 0 atom stereocenters. The van der Waals surface area contributed by atoms with Crippen molar-refractivity contribution < 1.29 is 23.9 Å². The maximum Gasteiger partial charge on any atom is 0.248 e. The molecule has 29 heavy (non-hydrogen) atoms. The lowest BCUT2D eigenvalue weighted by Gasteiger charge is -2.11. The lowest BCUT2D eigenvalue weighted by atomic mass is 10.1. The summed E-state index contributed by atoms with van der Waals surface area (Å²) < 4.78 is 16.4. The van der Waals surface area contributed by atoms with Gasteiger partial charge >= 0.3 is 0 Å². The molecule has 1 heterocycles. The van der Waals surface area contributed by atoms with E-state index in [-0.39, 0.29) is 11.7 Å². The van der Waals surface area contributed by atoms with Gasteiger partial charge in [-0.05, 0) is 49.8 Å². The van der Waals surface area contributed by atoms with Crippen molar-refractivity contribution in [2.75, 3.05) is 12.4 Å². The average molecular weight is 394 g/mol. The topological polar surface area (TPSA) is 93.8 Å². The number of anilines is 1. The van der Waals surface area contributed by atoms with Gasteiger partial charge in [0.1, 0.15) is 18.1 Å².